The van der Waals surface area contributed by atoms with Gasteiger partial charge in [-0.1, -0.05) is 12.1 Å². The molecule has 2 atom stereocenters. The van der Waals surface area contributed by atoms with Crippen molar-refractivity contribution in [3.8, 4) is 17.0 Å². The second-order valence-corrected chi connectivity index (χ2v) is 7.68. The third kappa shape index (κ3) is 2.82. The molecule has 0 unspecified atom stereocenters. The van der Waals surface area contributed by atoms with Gasteiger partial charge in [-0.25, -0.2) is 0 Å². The fourth-order valence-corrected chi connectivity index (χ4v) is 4.81. The summed E-state index contributed by atoms with van der Waals surface area (Å²) in [4.78, 5) is 6.71. The van der Waals surface area contributed by atoms with E-state index < -0.39 is 0 Å². The van der Waals surface area contributed by atoms with E-state index in [0.29, 0.717) is 11.8 Å². The molecule has 5 rings (SSSR count). The number of aromatic nitrogens is 3. The van der Waals surface area contributed by atoms with Crippen LogP contribution in [0.1, 0.15) is 22.7 Å². The van der Waals surface area contributed by atoms with Gasteiger partial charge in [0.2, 0.25) is 0 Å². The fraction of sp³-hybridized carbons (Fsp3) is 0.364. The Bertz CT molecular complexity index is 966. The molecule has 27 heavy (non-hydrogen) atoms. The molecule has 138 valence electrons. The lowest BCUT2D eigenvalue weighted by Gasteiger charge is -2.16. The smallest absolute Gasteiger partial charge is 0.119 e. The number of nitrogens with zero attached hydrogens (tertiary/aromatic N) is 4. The van der Waals surface area contributed by atoms with Crippen molar-refractivity contribution in [1.82, 2.24) is 19.7 Å². The lowest BCUT2D eigenvalue weighted by atomic mass is 9.94. The monoisotopic (exact) mass is 360 g/mol. The van der Waals surface area contributed by atoms with Gasteiger partial charge < -0.3 is 4.74 Å². The highest BCUT2D eigenvalue weighted by molar-refractivity contribution is 5.68. The summed E-state index contributed by atoms with van der Waals surface area (Å²) in [5.41, 5.74) is 6.48. The maximum Gasteiger partial charge on any atom is 0.119 e. The van der Waals surface area contributed by atoms with Crippen LogP contribution in [0.25, 0.3) is 11.3 Å². The first kappa shape index (κ1) is 16.5. The molecule has 0 amide bonds. The van der Waals surface area contributed by atoms with E-state index in [1.807, 2.05) is 24.5 Å². The molecular weight excluding hydrogens is 336 g/mol. The number of likely N-dealkylation sites (tertiary alicyclic amines) is 1. The Kier molecular flexibility index (Phi) is 3.97. The topological polar surface area (TPSA) is 43.2 Å². The standard InChI is InChI=1S/C22H24N4O/c1-25-20-11-17-13-26(12-15-6-8-23-9-7-15)14-19(17)21(20)22(24-25)16-4-3-5-18(10-16)27-2/h3-10,17,19H,11-14H2,1-2H3/t17-,19+/m0/s1. The molecule has 0 spiro atoms. The SMILES string of the molecule is COc1cccc(-c2nn(C)c3c2[C@@H]2CN(Cc4ccncc4)C[C@@H]2C3)c1. The number of aryl methyl sites for hydroxylation is 1. The first-order chi connectivity index (χ1) is 13.2. The third-order valence-corrected chi connectivity index (χ3v) is 6.05. The van der Waals surface area contributed by atoms with Crippen molar-refractivity contribution in [1.29, 1.82) is 0 Å². The Labute approximate surface area is 159 Å². The molecule has 3 heterocycles. The van der Waals surface area contributed by atoms with Crippen LogP contribution in [0, 0.1) is 5.92 Å². The predicted octanol–water partition coefficient (Wildman–Crippen LogP) is 3.26. The summed E-state index contributed by atoms with van der Waals surface area (Å²) < 4.78 is 7.52. The molecule has 2 aliphatic rings. The summed E-state index contributed by atoms with van der Waals surface area (Å²) in [6.07, 6.45) is 4.89. The zero-order valence-corrected chi connectivity index (χ0v) is 15.8. The second-order valence-electron chi connectivity index (χ2n) is 7.68. The van der Waals surface area contributed by atoms with Crippen molar-refractivity contribution < 1.29 is 4.74 Å². The number of ether oxygens (including phenoxy) is 1. The maximum absolute atomic E-state index is 5.42. The van der Waals surface area contributed by atoms with E-state index in [2.05, 4.69) is 45.9 Å². The third-order valence-electron chi connectivity index (χ3n) is 6.05. The average molecular weight is 360 g/mol. The Morgan fingerprint density at radius 2 is 2.00 bits per heavy atom. The summed E-state index contributed by atoms with van der Waals surface area (Å²) in [6.45, 7) is 3.25. The normalized spacial score (nSPS) is 21.3. The highest BCUT2D eigenvalue weighted by Crippen LogP contribution is 2.47. The number of rotatable bonds is 4. The summed E-state index contributed by atoms with van der Waals surface area (Å²) in [5, 5.41) is 4.88. The van der Waals surface area contributed by atoms with Gasteiger partial charge in [-0.2, -0.15) is 5.10 Å². The lowest BCUT2D eigenvalue weighted by Crippen LogP contribution is -2.21. The molecule has 5 nitrogen and oxygen atoms in total. The average Bonchev–Trinajstić information content (AvgIpc) is 3.33. The molecule has 1 fully saturated rings. The molecule has 5 heteroatoms. The molecule has 1 aliphatic carbocycles. The highest BCUT2D eigenvalue weighted by atomic mass is 16.5. The van der Waals surface area contributed by atoms with E-state index in [1.54, 1.807) is 7.11 Å². The van der Waals surface area contributed by atoms with E-state index in [4.69, 9.17) is 9.84 Å². The van der Waals surface area contributed by atoms with Crippen LogP contribution < -0.4 is 4.74 Å². The van der Waals surface area contributed by atoms with Crippen LogP contribution in [0.2, 0.25) is 0 Å². The van der Waals surface area contributed by atoms with Crippen LogP contribution in [-0.2, 0) is 20.0 Å². The van der Waals surface area contributed by atoms with Crippen LogP contribution in [0.3, 0.4) is 0 Å². The summed E-state index contributed by atoms with van der Waals surface area (Å²) in [7, 11) is 3.80. The number of hydrogen-bond donors (Lipinski definition) is 0. The Morgan fingerprint density at radius 1 is 1.15 bits per heavy atom. The van der Waals surface area contributed by atoms with Crippen LogP contribution in [-0.4, -0.2) is 39.9 Å². The zero-order chi connectivity index (χ0) is 18.4. The number of hydrogen-bond acceptors (Lipinski definition) is 4. The lowest BCUT2D eigenvalue weighted by molar-refractivity contribution is 0.313. The molecule has 0 saturated carbocycles. The molecule has 0 bridgehead atoms. The van der Waals surface area contributed by atoms with Gasteiger partial charge in [-0.15, -0.1) is 0 Å². The summed E-state index contributed by atoms with van der Waals surface area (Å²) in [5.74, 6) is 2.14. The molecular formula is C22H24N4O. The first-order valence-corrected chi connectivity index (χ1v) is 9.54. The van der Waals surface area contributed by atoms with Crippen molar-refractivity contribution in [2.75, 3.05) is 20.2 Å². The van der Waals surface area contributed by atoms with Crippen LogP contribution in [0.15, 0.2) is 48.8 Å². The summed E-state index contributed by atoms with van der Waals surface area (Å²) in [6, 6.07) is 12.5. The predicted molar refractivity (Wildman–Crippen MR) is 105 cm³/mol. The Balaban J connectivity index is 1.45. The van der Waals surface area contributed by atoms with E-state index in [1.165, 1.54) is 16.8 Å². The Hall–Kier alpha value is -2.66. The van der Waals surface area contributed by atoms with E-state index in [9.17, 15) is 0 Å². The van der Waals surface area contributed by atoms with Crippen molar-refractivity contribution in [3.63, 3.8) is 0 Å². The van der Waals surface area contributed by atoms with Gasteiger partial charge in [0, 0.05) is 61.8 Å². The van der Waals surface area contributed by atoms with Crippen molar-refractivity contribution in [3.05, 3.63) is 65.6 Å². The van der Waals surface area contributed by atoms with Gasteiger partial charge in [0.05, 0.1) is 12.8 Å². The van der Waals surface area contributed by atoms with Gasteiger partial charge >= 0.3 is 0 Å². The molecule has 1 aliphatic heterocycles. The van der Waals surface area contributed by atoms with Crippen LogP contribution >= 0.6 is 0 Å². The van der Waals surface area contributed by atoms with Gasteiger partial charge in [0.1, 0.15) is 5.75 Å². The maximum atomic E-state index is 5.42. The van der Waals surface area contributed by atoms with Crippen LogP contribution in [0.5, 0.6) is 5.75 Å². The molecule has 3 aromatic rings. The summed E-state index contributed by atoms with van der Waals surface area (Å²) >= 11 is 0. The van der Waals surface area contributed by atoms with Crippen molar-refractivity contribution in [2.45, 2.75) is 18.9 Å². The second kappa shape index (κ2) is 6.50. The minimum Gasteiger partial charge on any atom is -0.497 e. The Morgan fingerprint density at radius 3 is 2.81 bits per heavy atom. The molecule has 1 aromatic carbocycles. The van der Waals surface area contributed by atoms with Gasteiger partial charge in [-0.05, 0) is 42.2 Å². The molecule has 0 N–H and O–H groups in total. The number of fused-ring (bicyclic) bond motifs is 3. The van der Waals surface area contributed by atoms with E-state index in [0.717, 1.165) is 43.1 Å². The van der Waals surface area contributed by atoms with Crippen LogP contribution in [0.4, 0.5) is 0 Å². The molecule has 1 saturated heterocycles. The molecule has 0 radical (unpaired) electrons. The fourth-order valence-electron chi connectivity index (χ4n) is 4.81. The van der Waals surface area contributed by atoms with Crippen molar-refractivity contribution >= 4 is 0 Å². The number of pyridine rings is 1. The first-order valence-electron chi connectivity index (χ1n) is 9.54. The largest absolute Gasteiger partial charge is 0.497 e. The quantitative estimate of drug-likeness (QED) is 0.716. The van der Waals surface area contributed by atoms with Gasteiger partial charge in [0.15, 0.2) is 0 Å². The highest BCUT2D eigenvalue weighted by Gasteiger charge is 2.43. The number of methoxy groups -OCH3 is 1. The van der Waals surface area contributed by atoms with E-state index in [-0.39, 0.29) is 0 Å². The van der Waals surface area contributed by atoms with E-state index >= 15 is 0 Å². The minimum absolute atomic E-state index is 0.566. The minimum atomic E-state index is 0.566. The zero-order valence-electron chi connectivity index (χ0n) is 15.8. The number of benzene rings is 1. The van der Waals surface area contributed by atoms with Gasteiger partial charge in [-0.3, -0.25) is 14.6 Å². The van der Waals surface area contributed by atoms with Gasteiger partial charge in [0.25, 0.3) is 0 Å². The van der Waals surface area contributed by atoms with Crippen molar-refractivity contribution in [2.24, 2.45) is 13.0 Å². The molecule has 2 aromatic heterocycles.